The van der Waals surface area contributed by atoms with Crippen LogP contribution < -0.4 is 4.90 Å². The van der Waals surface area contributed by atoms with Crippen molar-refractivity contribution >= 4 is 17.7 Å². The summed E-state index contributed by atoms with van der Waals surface area (Å²) < 4.78 is 4.63. The van der Waals surface area contributed by atoms with E-state index in [1.165, 1.54) is 24.3 Å². The summed E-state index contributed by atoms with van der Waals surface area (Å²) in [5, 5.41) is 9.13. The van der Waals surface area contributed by atoms with Crippen molar-refractivity contribution < 1.29 is 9.53 Å². The number of methoxy groups -OCH3 is 1. The molecule has 29 heavy (non-hydrogen) atoms. The van der Waals surface area contributed by atoms with Gasteiger partial charge in [0.1, 0.15) is 11.6 Å². The Morgan fingerprint density at radius 3 is 1.86 bits per heavy atom. The molecule has 0 aliphatic rings. The van der Waals surface area contributed by atoms with Gasteiger partial charge in [-0.1, -0.05) is 72.8 Å². The van der Waals surface area contributed by atoms with Crippen molar-refractivity contribution in [3.05, 3.63) is 107 Å². The van der Waals surface area contributed by atoms with Gasteiger partial charge in [-0.3, -0.25) is 0 Å². The summed E-state index contributed by atoms with van der Waals surface area (Å²) in [6.07, 6.45) is 1.54. The largest absolute Gasteiger partial charge is 0.465 e. The number of anilines is 1. The van der Waals surface area contributed by atoms with E-state index in [1.54, 1.807) is 0 Å². The lowest BCUT2D eigenvalue weighted by Gasteiger charge is -2.25. The van der Waals surface area contributed by atoms with Crippen LogP contribution in [0.1, 0.15) is 16.7 Å². The number of hydrogen-bond donors (Lipinski definition) is 0. The zero-order valence-corrected chi connectivity index (χ0v) is 16.3. The molecule has 0 aromatic heterocycles. The van der Waals surface area contributed by atoms with Crippen LogP contribution in [0.4, 0.5) is 5.69 Å². The van der Waals surface area contributed by atoms with Crippen LogP contribution in [-0.4, -0.2) is 13.1 Å². The standard InChI is InChI=1S/C25H22N2O2/c1-29-25(28)23(17-26)16-20-12-14-24(15-13-20)27(18-21-8-4-2-5-9-21)19-22-10-6-3-7-11-22/h2-16H,18-19H2,1H3. The van der Waals surface area contributed by atoms with E-state index in [0.29, 0.717) is 0 Å². The Hall–Kier alpha value is -3.84. The molecule has 0 N–H and O–H groups in total. The van der Waals surface area contributed by atoms with Gasteiger partial charge < -0.3 is 9.64 Å². The molecule has 0 unspecified atom stereocenters. The average molecular weight is 382 g/mol. The van der Waals surface area contributed by atoms with Gasteiger partial charge in [-0.15, -0.1) is 0 Å². The van der Waals surface area contributed by atoms with Gasteiger partial charge in [-0.05, 0) is 34.9 Å². The predicted octanol–water partition coefficient (Wildman–Crippen LogP) is 4.97. The Morgan fingerprint density at radius 1 is 0.897 bits per heavy atom. The second kappa shape index (κ2) is 9.91. The number of nitrogens with zero attached hydrogens (tertiary/aromatic N) is 2. The Morgan fingerprint density at radius 2 is 1.41 bits per heavy atom. The van der Waals surface area contributed by atoms with Crippen molar-refractivity contribution in [2.75, 3.05) is 12.0 Å². The fraction of sp³-hybridized carbons (Fsp3) is 0.120. The van der Waals surface area contributed by atoms with Gasteiger partial charge in [0.2, 0.25) is 0 Å². The van der Waals surface area contributed by atoms with Gasteiger partial charge in [0.15, 0.2) is 0 Å². The maximum absolute atomic E-state index is 11.6. The van der Waals surface area contributed by atoms with Gasteiger partial charge in [0.05, 0.1) is 7.11 Å². The van der Waals surface area contributed by atoms with Crippen LogP contribution in [-0.2, 0) is 22.6 Å². The lowest BCUT2D eigenvalue weighted by Crippen LogP contribution is -2.22. The van der Waals surface area contributed by atoms with Crippen LogP contribution in [0.25, 0.3) is 6.08 Å². The van der Waals surface area contributed by atoms with Gasteiger partial charge in [0.25, 0.3) is 0 Å². The summed E-state index contributed by atoms with van der Waals surface area (Å²) in [5.41, 5.74) is 4.27. The molecule has 0 saturated carbocycles. The summed E-state index contributed by atoms with van der Waals surface area (Å²) in [5.74, 6) is -0.633. The van der Waals surface area contributed by atoms with Gasteiger partial charge in [-0.2, -0.15) is 5.26 Å². The molecule has 0 heterocycles. The minimum atomic E-state index is -0.633. The highest BCUT2D eigenvalue weighted by Gasteiger charge is 2.11. The molecule has 3 rings (SSSR count). The number of rotatable bonds is 7. The van der Waals surface area contributed by atoms with Crippen LogP contribution in [0.3, 0.4) is 0 Å². The van der Waals surface area contributed by atoms with E-state index in [-0.39, 0.29) is 5.57 Å². The molecule has 4 heteroatoms. The van der Waals surface area contributed by atoms with Crippen molar-refractivity contribution in [2.24, 2.45) is 0 Å². The highest BCUT2D eigenvalue weighted by atomic mass is 16.5. The molecule has 4 nitrogen and oxygen atoms in total. The molecule has 0 aliphatic carbocycles. The third-order valence-electron chi connectivity index (χ3n) is 4.53. The highest BCUT2D eigenvalue weighted by molar-refractivity contribution is 5.97. The number of nitriles is 1. The average Bonchev–Trinajstić information content (AvgIpc) is 2.78. The normalized spacial score (nSPS) is 10.8. The fourth-order valence-electron chi connectivity index (χ4n) is 3.04. The van der Waals surface area contributed by atoms with E-state index < -0.39 is 5.97 Å². The summed E-state index contributed by atoms with van der Waals surface area (Å²) >= 11 is 0. The Labute approximate surface area is 171 Å². The molecular formula is C25H22N2O2. The first-order chi connectivity index (χ1) is 14.2. The first kappa shape index (κ1) is 19.9. The SMILES string of the molecule is COC(=O)C(C#N)=Cc1ccc(N(Cc2ccccc2)Cc2ccccc2)cc1. The molecule has 0 saturated heterocycles. The van der Waals surface area contributed by atoms with Crippen LogP contribution in [0.5, 0.6) is 0 Å². The summed E-state index contributed by atoms with van der Waals surface area (Å²) in [6, 6.07) is 30.3. The molecule has 0 spiro atoms. The number of carbonyl (C=O) groups excluding carboxylic acids is 1. The molecular weight excluding hydrogens is 360 g/mol. The van der Waals surface area contributed by atoms with Crippen molar-refractivity contribution in [1.82, 2.24) is 0 Å². The Bertz CT molecular complexity index is 963. The van der Waals surface area contributed by atoms with Crippen LogP contribution >= 0.6 is 0 Å². The van der Waals surface area contributed by atoms with E-state index in [1.807, 2.05) is 66.7 Å². The monoisotopic (exact) mass is 382 g/mol. The quantitative estimate of drug-likeness (QED) is 0.329. The molecule has 0 amide bonds. The Kier molecular flexibility index (Phi) is 6.80. The number of benzene rings is 3. The van der Waals surface area contributed by atoms with Gasteiger partial charge in [0, 0.05) is 18.8 Å². The lowest BCUT2D eigenvalue weighted by atomic mass is 10.1. The number of esters is 1. The first-order valence-electron chi connectivity index (χ1n) is 9.32. The minimum Gasteiger partial charge on any atom is -0.465 e. The second-order valence-corrected chi connectivity index (χ2v) is 6.58. The van der Waals surface area contributed by atoms with Crippen LogP contribution in [0, 0.1) is 11.3 Å². The maximum Gasteiger partial charge on any atom is 0.348 e. The third-order valence-corrected chi connectivity index (χ3v) is 4.53. The zero-order chi connectivity index (χ0) is 20.5. The summed E-state index contributed by atoms with van der Waals surface area (Å²) in [6.45, 7) is 1.55. The van der Waals surface area contributed by atoms with Crippen molar-refractivity contribution in [3.8, 4) is 6.07 Å². The van der Waals surface area contributed by atoms with E-state index >= 15 is 0 Å². The van der Waals surface area contributed by atoms with Crippen molar-refractivity contribution in [1.29, 1.82) is 5.26 Å². The Balaban J connectivity index is 1.86. The minimum absolute atomic E-state index is 0.0225. The third kappa shape index (κ3) is 5.57. The van der Waals surface area contributed by atoms with Crippen molar-refractivity contribution in [3.63, 3.8) is 0 Å². The van der Waals surface area contributed by atoms with Gasteiger partial charge in [-0.25, -0.2) is 4.79 Å². The predicted molar refractivity (Wildman–Crippen MR) is 115 cm³/mol. The molecule has 144 valence electrons. The van der Waals surface area contributed by atoms with E-state index in [4.69, 9.17) is 5.26 Å². The highest BCUT2D eigenvalue weighted by Crippen LogP contribution is 2.22. The maximum atomic E-state index is 11.6. The molecule has 0 fully saturated rings. The molecule has 0 aliphatic heterocycles. The van der Waals surface area contributed by atoms with Gasteiger partial charge >= 0.3 is 5.97 Å². The number of hydrogen-bond acceptors (Lipinski definition) is 4. The van der Waals surface area contributed by atoms with Crippen LogP contribution in [0.15, 0.2) is 90.5 Å². The number of carbonyl (C=O) groups is 1. The van der Waals surface area contributed by atoms with Crippen LogP contribution in [0.2, 0.25) is 0 Å². The molecule has 3 aromatic carbocycles. The fourth-order valence-corrected chi connectivity index (χ4v) is 3.04. The van der Waals surface area contributed by atoms with Crippen molar-refractivity contribution in [2.45, 2.75) is 13.1 Å². The number of ether oxygens (including phenoxy) is 1. The van der Waals surface area contributed by atoms with E-state index in [0.717, 1.165) is 24.3 Å². The second-order valence-electron chi connectivity index (χ2n) is 6.58. The van der Waals surface area contributed by atoms with E-state index in [9.17, 15) is 4.79 Å². The lowest BCUT2D eigenvalue weighted by molar-refractivity contribution is -0.135. The molecule has 0 radical (unpaired) electrons. The summed E-state index contributed by atoms with van der Waals surface area (Å²) in [4.78, 5) is 13.9. The summed E-state index contributed by atoms with van der Waals surface area (Å²) in [7, 11) is 1.27. The topological polar surface area (TPSA) is 53.3 Å². The zero-order valence-electron chi connectivity index (χ0n) is 16.3. The molecule has 0 bridgehead atoms. The first-order valence-corrected chi connectivity index (χ1v) is 9.32. The molecule has 3 aromatic rings. The smallest absolute Gasteiger partial charge is 0.348 e. The molecule has 0 atom stereocenters. The van der Waals surface area contributed by atoms with E-state index in [2.05, 4.69) is 33.9 Å².